The highest BCUT2D eigenvalue weighted by Gasteiger charge is 2.31. The molecule has 0 saturated carbocycles. The number of carbonyl (C=O) groups excluding carboxylic acids is 3. The number of nitrogens with zero attached hydrogens (tertiary/aromatic N) is 5. The molecule has 3 N–H and O–H groups in total. The zero-order chi connectivity index (χ0) is 44.5. The van der Waals surface area contributed by atoms with E-state index in [1.807, 2.05) is 31.5 Å². The van der Waals surface area contributed by atoms with Crippen molar-refractivity contribution in [3.63, 3.8) is 0 Å². The number of hydrogen-bond acceptors (Lipinski definition) is 9. The Hall–Kier alpha value is -5.56. The van der Waals surface area contributed by atoms with E-state index in [0.29, 0.717) is 42.7 Å². The van der Waals surface area contributed by atoms with Crippen LogP contribution in [0.4, 0.5) is 31.9 Å². The number of hydrogen-bond donors (Lipinski definition) is 3. The van der Waals surface area contributed by atoms with Crippen LogP contribution in [0.5, 0.6) is 5.88 Å². The van der Waals surface area contributed by atoms with Crippen LogP contribution in [0.25, 0.3) is 0 Å². The van der Waals surface area contributed by atoms with Gasteiger partial charge >= 0.3 is 6.03 Å². The lowest BCUT2D eigenvalue weighted by Gasteiger charge is -2.47. The van der Waals surface area contributed by atoms with E-state index in [0.717, 1.165) is 67.3 Å². The first-order chi connectivity index (χ1) is 29.3. The molecule has 2 saturated heterocycles. The first kappa shape index (κ1) is 48.1. The van der Waals surface area contributed by atoms with E-state index in [9.17, 15) is 18.8 Å². The van der Waals surface area contributed by atoms with E-state index in [1.165, 1.54) is 55.7 Å². The highest BCUT2D eigenvalue weighted by atomic mass is 19.1. The third kappa shape index (κ3) is 14.3. The molecule has 0 radical (unpaired) electrons. The van der Waals surface area contributed by atoms with Crippen LogP contribution >= 0.6 is 0 Å². The van der Waals surface area contributed by atoms with Crippen molar-refractivity contribution in [2.24, 2.45) is 4.99 Å². The van der Waals surface area contributed by atoms with Crippen LogP contribution in [0, 0.1) is 19.7 Å². The molecular weight excluding hydrogens is 772 g/mol. The van der Waals surface area contributed by atoms with Crippen LogP contribution in [-0.2, 0) is 16.0 Å². The number of ether oxygens (including phenoxy) is 1. The molecule has 330 valence electrons. The van der Waals surface area contributed by atoms with Gasteiger partial charge in [-0.15, -0.1) is 0 Å². The molecule has 1 aromatic heterocycles. The SMILES string of the molecule is C=C(CC)/C(=C\N=C(C)Nc1ccc(CC(C)=O)c(F)c1)CCC.CCCN(CCC)C1CN(c2ccc(N3CCC(=O)NC3=O)cc2)C1.Cc1cnc2c(c1C)NCCO2. The minimum absolute atomic E-state index is 0.0582. The number of aliphatic imine (C=N–C) groups is 1. The fourth-order valence-electron chi connectivity index (χ4n) is 7.20. The second kappa shape index (κ2) is 24.0. The summed E-state index contributed by atoms with van der Waals surface area (Å²) in [6.07, 6.45) is 9.42. The topological polar surface area (TPSA) is 132 Å². The van der Waals surface area contributed by atoms with Gasteiger partial charge < -0.3 is 20.3 Å². The van der Waals surface area contributed by atoms with Crippen molar-refractivity contribution in [1.82, 2.24) is 15.2 Å². The molecule has 6 rings (SSSR count). The van der Waals surface area contributed by atoms with Crippen LogP contribution in [-0.4, -0.2) is 85.4 Å². The number of carbonyl (C=O) groups is 3. The van der Waals surface area contributed by atoms with Crippen LogP contribution in [0.15, 0.2) is 77.6 Å². The Morgan fingerprint density at radius 2 is 1.72 bits per heavy atom. The van der Waals surface area contributed by atoms with Gasteiger partial charge in [-0.25, -0.2) is 19.2 Å². The van der Waals surface area contributed by atoms with Gasteiger partial charge in [0.2, 0.25) is 11.8 Å². The van der Waals surface area contributed by atoms with Crippen molar-refractivity contribution in [2.45, 2.75) is 106 Å². The number of imide groups is 1. The second-order valence-corrected chi connectivity index (χ2v) is 15.8. The number of nitrogens with one attached hydrogen (secondary N) is 3. The van der Waals surface area contributed by atoms with Gasteiger partial charge in [-0.3, -0.25) is 24.7 Å². The Bertz CT molecular complexity index is 2020. The number of amidine groups is 1. The number of anilines is 4. The lowest BCUT2D eigenvalue weighted by molar-refractivity contribution is -0.120. The van der Waals surface area contributed by atoms with Gasteiger partial charge in [-0.1, -0.05) is 52.3 Å². The van der Waals surface area contributed by atoms with Gasteiger partial charge in [0, 0.05) is 74.5 Å². The molecule has 0 atom stereocenters. The summed E-state index contributed by atoms with van der Waals surface area (Å²) in [4.78, 5) is 49.5. The molecule has 0 unspecified atom stereocenters. The number of fused-ring (bicyclic) bond motifs is 1. The zero-order valence-electron chi connectivity index (χ0n) is 37.6. The first-order valence-corrected chi connectivity index (χ1v) is 21.8. The summed E-state index contributed by atoms with van der Waals surface area (Å²) >= 11 is 0. The molecule has 3 aliphatic rings. The van der Waals surface area contributed by atoms with Crippen LogP contribution in [0.1, 0.15) is 96.8 Å². The lowest BCUT2D eigenvalue weighted by Crippen LogP contribution is -2.59. The van der Waals surface area contributed by atoms with E-state index in [4.69, 9.17) is 4.74 Å². The van der Waals surface area contributed by atoms with Crippen molar-refractivity contribution in [1.29, 1.82) is 0 Å². The van der Waals surface area contributed by atoms with E-state index >= 15 is 0 Å². The number of allylic oxidation sites excluding steroid dienone is 2. The van der Waals surface area contributed by atoms with Crippen molar-refractivity contribution in [2.75, 3.05) is 66.3 Å². The predicted octanol–water partition coefficient (Wildman–Crippen LogP) is 9.38. The van der Waals surface area contributed by atoms with E-state index in [2.05, 4.69) is 96.0 Å². The first-order valence-electron chi connectivity index (χ1n) is 21.8. The predicted molar refractivity (Wildman–Crippen MR) is 248 cm³/mol. The smallest absolute Gasteiger partial charge is 0.328 e. The number of rotatable bonds is 15. The Morgan fingerprint density at radius 3 is 2.33 bits per heavy atom. The third-order valence-corrected chi connectivity index (χ3v) is 10.8. The van der Waals surface area contributed by atoms with E-state index < -0.39 is 0 Å². The van der Waals surface area contributed by atoms with Crippen molar-refractivity contribution in [3.8, 4) is 5.88 Å². The van der Waals surface area contributed by atoms with Gasteiger partial charge in [-0.05, 0) is 125 Å². The van der Waals surface area contributed by atoms with Crippen molar-refractivity contribution in [3.05, 3.63) is 95.1 Å². The Morgan fingerprint density at radius 1 is 1.03 bits per heavy atom. The highest BCUT2D eigenvalue weighted by molar-refractivity contribution is 6.05. The van der Waals surface area contributed by atoms with Crippen LogP contribution in [0.3, 0.4) is 0 Å². The fourth-order valence-corrected chi connectivity index (χ4v) is 7.20. The van der Waals surface area contributed by atoms with Gasteiger partial charge in [-0.2, -0.15) is 0 Å². The van der Waals surface area contributed by atoms with Crippen LogP contribution in [0.2, 0.25) is 0 Å². The fraction of sp³-hybridized carbons (Fsp3) is 0.479. The molecule has 2 aromatic carbocycles. The Labute approximate surface area is 362 Å². The molecule has 0 aliphatic carbocycles. The number of pyridine rings is 1. The second-order valence-electron chi connectivity index (χ2n) is 15.8. The third-order valence-electron chi connectivity index (χ3n) is 10.8. The molecule has 13 heteroatoms. The van der Waals surface area contributed by atoms with Crippen molar-refractivity contribution < 1.29 is 23.5 Å². The lowest BCUT2D eigenvalue weighted by atomic mass is 10.0. The molecule has 61 heavy (non-hydrogen) atoms. The minimum atomic E-state index is -0.385. The maximum absolute atomic E-state index is 14.0. The molecule has 0 bridgehead atoms. The molecule has 3 amide bonds. The standard InChI is InChI=1S/C20H27FN2O.C19H28N4O2.C9H12N2O/c1-6-8-18(14(3)7-2)13-22-16(5)23-19-10-9-17(11-15(4)24)20(21)12-19;1-3-10-21(11-4-2)17-13-22(14-17)15-5-7-16(8-6-15)23-12-9-18(24)20-19(23)25;1-6-5-11-9-8(7(6)2)10-3-4-12-9/h9-10,12-13H,3,6-8,11H2,1-2,4-5H3,(H,22,23);5-8,17H,3-4,9-14H2,1-2H3,(H,20,24,25);5,10H,3-4H2,1-2H3/b18-13-;;. The summed E-state index contributed by atoms with van der Waals surface area (Å²) < 4.78 is 19.4. The number of halogens is 1. The number of Topliss-reactive ketones (excluding diaryl/α,β-unsaturated/α-hetero) is 1. The van der Waals surface area contributed by atoms with E-state index in [-0.39, 0.29) is 30.0 Å². The van der Waals surface area contributed by atoms with Gasteiger partial charge in [0.05, 0.1) is 0 Å². The number of ketones is 1. The summed E-state index contributed by atoms with van der Waals surface area (Å²) in [7, 11) is 0. The molecule has 4 heterocycles. The number of aromatic nitrogens is 1. The molecule has 3 aromatic rings. The number of urea groups is 1. The molecular formula is C48H67FN8O4. The van der Waals surface area contributed by atoms with Gasteiger partial charge in [0.25, 0.3) is 0 Å². The molecule has 3 aliphatic heterocycles. The van der Waals surface area contributed by atoms with Crippen molar-refractivity contribution >= 4 is 46.3 Å². The van der Waals surface area contributed by atoms with E-state index in [1.54, 1.807) is 17.0 Å². The average Bonchev–Trinajstić information content (AvgIpc) is 3.22. The van der Waals surface area contributed by atoms with Gasteiger partial charge in [0.15, 0.2) is 0 Å². The summed E-state index contributed by atoms with van der Waals surface area (Å²) in [6, 6.07) is 13.2. The molecule has 2 fully saturated rings. The zero-order valence-corrected chi connectivity index (χ0v) is 37.6. The molecule has 12 nitrogen and oxygen atoms in total. The highest BCUT2D eigenvalue weighted by Crippen LogP contribution is 2.30. The normalized spacial score (nSPS) is 15.2. The Kier molecular flexibility index (Phi) is 19.0. The quantitative estimate of drug-likeness (QED) is 0.0779. The average molecular weight is 839 g/mol. The maximum Gasteiger partial charge on any atom is 0.328 e. The maximum atomic E-state index is 14.0. The number of amides is 3. The number of benzene rings is 2. The van der Waals surface area contributed by atoms with Crippen LogP contribution < -0.4 is 30.5 Å². The minimum Gasteiger partial charge on any atom is -0.474 e. The summed E-state index contributed by atoms with van der Waals surface area (Å²) in [5.41, 5.74) is 8.78. The Balaban J connectivity index is 0.000000213. The van der Waals surface area contributed by atoms with Gasteiger partial charge in [0.1, 0.15) is 29.7 Å². The summed E-state index contributed by atoms with van der Waals surface area (Å²) in [5.74, 6) is 0.769. The largest absolute Gasteiger partial charge is 0.474 e. The summed E-state index contributed by atoms with van der Waals surface area (Å²) in [5, 5.41) is 8.71. The number of aryl methyl sites for hydroxylation is 1. The molecule has 0 spiro atoms. The summed E-state index contributed by atoms with van der Waals surface area (Å²) in [6.45, 7) is 26.7. The monoisotopic (exact) mass is 839 g/mol.